The van der Waals surface area contributed by atoms with E-state index in [-0.39, 0.29) is 11.7 Å². The molecular formula is C22H21N3O3S. The van der Waals surface area contributed by atoms with Crippen LogP contribution in [0.5, 0.6) is 0 Å². The van der Waals surface area contributed by atoms with Crippen molar-refractivity contribution < 1.29 is 14.3 Å². The molecule has 0 unspecified atom stereocenters. The smallest absolute Gasteiger partial charge is 0.275 e. The fraction of sp³-hybridized carbons (Fsp3) is 0.227. The van der Waals surface area contributed by atoms with E-state index >= 15 is 0 Å². The van der Waals surface area contributed by atoms with Crippen LogP contribution < -0.4 is 10.2 Å². The molecule has 1 aromatic heterocycles. The van der Waals surface area contributed by atoms with Gasteiger partial charge in [0, 0.05) is 41.0 Å². The van der Waals surface area contributed by atoms with Gasteiger partial charge < -0.3 is 15.0 Å². The van der Waals surface area contributed by atoms with Crippen LogP contribution in [0.4, 0.5) is 11.4 Å². The Morgan fingerprint density at radius 3 is 2.59 bits per heavy atom. The standard InChI is InChI=1S/C22H21N3O3S/c1-15(26)16-3-2-4-17(13-16)22-24-20(14-29-22)21(27)23-18-5-7-19(8-6-18)25-9-11-28-12-10-25/h2-8,13-14H,9-12H2,1H3,(H,23,27). The number of amides is 1. The minimum absolute atomic E-state index is 0.00176. The first-order valence-electron chi connectivity index (χ1n) is 9.41. The molecule has 0 saturated carbocycles. The molecule has 4 rings (SSSR count). The summed E-state index contributed by atoms with van der Waals surface area (Å²) >= 11 is 1.38. The Balaban J connectivity index is 1.44. The second kappa shape index (κ2) is 8.55. The third kappa shape index (κ3) is 4.52. The van der Waals surface area contributed by atoms with Gasteiger partial charge in [0.15, 0.2) is 5.78 Å². The third-order valence-electron chi connectivity index (χ3n) is 4.75. The second-order valence-electron chi connectivity index (χ2n) is 6.78. The number of benzene rings is 2. The molecule has 2 heterocycles. The zero-order valence-corrected chi connectivity index (χ0v) is 16.9. The summed E-state index contributed by atoms with van der Waals surface area (Å²) in [4.78, 5) is 30.9. The first kappa shape index (κ1) is 19.3. The van der Waals surface area contributed by atoms with Crippen molar-refractivity contribution >= 4 is 34.4 Å². The summed E-state index contributed by atoms with van der Waals surface area (Å²) < 4.78 is 5.38. The fourth-order valence-electron chi connectivity index (χ4n) is 3.15. The number of nitrogens with one attached hydrogen (secondary N) is 1. The van der Waals surface area contributed by atoms with E-state index in [9.17, 15) is 9.59 Å². The second-order valence-corrected chi connectivity index (χ2v) is 7.63. The highest BCUT2D eigenvalue weighted by molar-refractivity contribution is 7.13. The van der Waals surface area contributed by atoms with E-state index in [1.165, 1.54) is 18.3 Å². The summed E-state index contributed by atoms with van der Waals surface area (Å²) in [6.45, 7) is 4.75. The number of morpholine rings is 1. The molecule has 0 spiro atoms. The number of ether oxygens (including phenoxy) is 1. The highest BCUT2D eigenvalue weighted by Gasteiger charge is 2.14. The topological polar surface area (TPSA) is 71.5 Å². The van der Waals surface area contributed by atoms with Crippen molar-refractivity contribution in [2.24, 2.45) is 0 Å². The molecule has 3 aromatic rings. The zero-order chi connectivity index (χ0) is 20.2. The largest absolute Gasteiger partial charge is 0.378 e. The summed E-state index contributed by atoms with van der Waals surface area (Å²) in [5.74, 6) is -0.253. The van der Waals surface area contributed by atoms with E-state index < -0.39 is 0 Å². The summed E-state index contributed by atoms with van der Waals surface area (Å²) in [7, 11) is 0. The molecule has 2 aromatic carbocycles. The van der Waals surface area contributed by atoms with Crippen LogP contribution in [0, 0.1) is 0 Å². The van der Waals surface area contributed by atoms with Crippen molar-refractivity contribution in [3.8, 4) is 10.6 Å². The van der Waals surface area contributed by atoms with Crippen LogP contribution in [0.1, 0.15) is 27.8 Å². The molecular weight excluding hydrogens is 386 g/mol. The lowest BCUT2D eigenvalue weighted by Gasteiger charge is -2.28. The molecule has 29 heavy (non-hydrogen) atoms. The maximum atomic E-state index is 12.6. The number of rotatable bonds is 5. The average Bonchev–Trinajstić information content (AvgIpc) is 3.26. The van der Waals surface area contributed by atoms with Gasteiger partial charge in [0.25, 0.3) is 5.91 Å². The first-order chi connectivity index (χ1) is 14.1. The zero-order valence-electron chi connectivity index (χ0n) is 16.1. The fourth-order valence-corrected chi connectivity index (χ4v) is 3.95. The maximum absolute atomic E-state index is 12.6. The Labute approximate surface area is 173 Å². The minimum atomic E-state index is -0.255. The maximum Gasteiger partial charge on any atom is 0.275 e. The van der Waals surface area contributed by atoms with E-state index in [0.717, 1.165) is 43.2 Å². The number of hydrogen-bond donors (Lipinski definition) is 1. The molecule has 7 heteroatoms. The van der Waals surface area contributed by atoms with Crippen molar-refractivity contribution in [2.45, 2.75) is 6.92 Å². The normalized spacial score (nSPS) is 13.9. The van der Waals surface area contributed by atoms with E-state index in [2.05, 4.69) is 15.2 Å². The summed E-state index contributed by atoms with van der Waals surface area (Å²) in [6, 6.07) is 15.1. The molecule has 1 N–H and O–H groups in total. The van der Waals surface area contributed by atoms with Gasteiger partial charge in [0.2, 0.25) is 0 Å². The Hall–Kier alpha value is -3.03. The lowest BCUT2D eigenvalue weighted by Crippen LogP contribution is -2.36. The number of nitrogens with zero attached hydrogens (tertiary/aromatic N) is 2. The minimum Gasteiger partial charge on any atom is -0.378 e. The lowest BCUT2D eigenvalue weighted by molar-refractivity contribution is 0.101. The molecule has 1 aliphatic rings. The lowest BCUT2D eigenvalue weighted by atomic mass is 10.1. The number of Topliss-reactive ketones (excluding diaryl/α,β-unsaturated/α-hetero) is 1. The molecule has 1 aliphatic heterocycles. The van der Waals surface area contributed by atoms with E-state index in [1.54, 1.807) is 17.5 Å². The Bertz CT molecular complexity index is 1020. The molecule has 0 radical (unpaired) electrons. The van der Waals surface area contributed by atoms with Crippen molar-refractivity contribution in [3.05, 3.63) is 65.2 Å². The number of anilines is 2. The van der Waals surface area contributed by atoms with E-state index in [0.29, 0.717) is 16.3 Å². The highest BCUT2D eigenvalue weighted by Crippen LogP contribution is 2.25. The Morgan fingerprint density at radius 1 is 1.10 bits per heavy atom. The first-order valence-corrected chi connectivity index (χ1v) is 10.3. The molecule has 1 fully saturated rings. The third-order valence-corrected chi connectivity index (χ3v) is 5.65. The predicted octanol–water partition coefficient (Wildman–Crippen LogP) is 4.10. The van der Waals surface area contributed by atoms with E-state index in [4.69, 9.17) is 4.74 Å². The van der Waals surface area contributed by atoms with Gasteiger partial charge in [0.1, 0.15) is 10.7 Å². The predicted molar refractivity (Wildman–Crippen MR) is 115 cm³/mol. The summed E-state index contributed by atoms with van der Waals surface area (Å²) in [6.07, 6.45) is 0. The van der Waals surface area contributed by atoms with Crippen LogP contribution in [0.25, 0.3) is 10.6 Å². The Morgan fingerprint density at radius 2 is 1.86 bits per heavy atom. The van der Waals surface area contributed by atoms with Crippen molar-refractivity contribution in [1.82, 2.24) is 4.98 Å². The van der Waals surface area contributed by atoms with E-state index in [1.807, 2.05) is 36.4 Å². The van der Waals surface area contributed by atoms with Crippen LogP contribution in [-0.2, 0) is 4.74 Å². The van der Waals surface area contributed by atoms with Crippen LogP contribution in [0.3, 0.4) is 0 Å². The average molecular weight is 407 g/mol. The number of thiazole rings is 1. The molecule has 0 aliphatic carbocycles. The van der Waals surface area contributed by atoms with Crippen LogP contribution in [-0.4, -0.2) is 43.0 Å². The van der Waals surface area contributed by atoms with Crippen molar-refractivity contribution in [3.63, 3.8) is 0 Å². The number of hydrogen-bond acceptors (Lipinski definition) is 6. The van der Waals surface area contributed by atoms with Gasteiger partial charge in [-0.15, -0.1) is 11.3 Å². The van der Waals surface area contributed by atoms with Crippen LogP contribution >= 0.6 is 11.3 Å². The SMILES string of the molecule is CC(=O)c1cccc(-c2nc(C(=O)Nc3ccc(N4CCOCC4)cc3)cs2)c1. The van der Waals surface area contributed by atoms with Crippen LogP contribution in [0.15, 0.2) is 53.9 Å². The van der Waals surface area contributed by atoms with Gasteiger partial charge in [-0.3, -0.25) is 9.59 Å². The Kier molecular flexibility index (Phi) is 5.69. The number of carbonyl (C=O) groups excluding carboxylic acids is 2. The monoisotopic (exact) mass is 407 g/mol. The van der Waals surface area contributed by atoms with Crippen LogP contribution in [0.2, 0.25) is 0 Å². The molecule has 6 nitrogen and oxygen atoms in total. The van der Waals surface area contributed by atoms with Gasteiger partial charge in [0.05, 0.1) is 13.2 Å². The van der Waals surface area contributed by atoms with Gasteiger partial charge in [-0.25, -0.2) is 4.98 Å². The molecule has 0 atom stereocenters. The molecule has 1 saturated heterocycles. The molecule has 1 amide bonds. The van der Waals surface area contributed by atoms with Gasteiger partial charge in [-0.05, 0) is 37.3 Å². The summed E-state index contributed by atoms with van der Waals surface area (Å²) in [5, 5.41) is 5.33. The van der Waals surface area contributed by atoms with Crippen molar-refractivity contribution in [2.75, 3.05) is 36.5 Å². The molecule has 0 bridgehead atoms. The molecule has 148 valence electrons. The summed E-state index contributed by atoms with van der Waals surface area (Å²) in [5.41, 5.74) is 3.66. The highest BCUT2D eigenvalue weighted by atomic mass is 32.1. The van der Waals surface area contributed by atoms with Gasteiger partial charge in [-0.1, -0.05) is 18.2 Å². The number of ketones is 1. The quantitative estimate of drug-likeness (QED) is 0.645. The van der Waals surface area contributed by atoms with Crippen molar-refractivity contribution in [1.29, 1.82) is 0 Å². The van der Waals surface area contributed by atoms with Gasteiger partial charge in [-0.2, -0.15) is 0 Å². The number of aromatic nitrogens is 1. The van der Waals surface area contributed by atoms with Gasteiger partial charge >= 0.3 is 0 Å². The number of carbonyl (C=O) groups is 2.